The van der Waals surface area contributed by atoms with Crippen LogP contribution in [0.15, 0.2) is 5.03 Å². The topological polar surface area (TPSA) is 103 Å². The van der Waals surface area contributed by atoms with Crippen LogP contribution in [-0.2, 0) is 10.0 Å². The molecule has 0 spiro atoms. The Morgan fingerprint density at radius 1 is 1.48 bits per heavy atom. The van der Waals surface area contributed by atoms with Crippen molar-refractivity contribution in [2.45, 2.75) is 37.0 Å². The highest BCUT2D eigenvalue weighted by molar-refractivity contribution is 7.89. The molecule has 2 N–H and O–H groups in total. The minimum atomic E-state index is -4.72. The number of aromatic nitrogens is 2. The Balaban J connectivity index is 2.47. The third-order valence-corrected chi connectivity index (χ3v) is 4.80. The number of H-pyrrole nitrogens is 1. The summed E-state index contributed by atoms with van der Waals surface area (Å²) in [6.45, 7) is -0.383. The van der Waals surface area contributed by atoms with Gasteiger partial charge in [0.15, 0.2) is 0 Å². The van der Waals surface area contributed by atoms with E-state index in [-0.39, 0.29) is 10.00 Å². The van der Waals surface area contributed by atoms with Crippen molar-refractivity contribution in [3.8, 4) is 0 Å². The van der Waals surface area contributed by atoms with Crippen LogP contribution in [0.1, 0.15) is 28.9 Å². The number of hydrogen-bond donors (Lipinski definition) is 2. The fourth-order valence-corrected chi connectivity index (χ4v) is 3.71. The summed E-state index contributed by atoms with van der Waals surface area (Å²) >= 11 is 0. The van der Waals surface area contributed by atoms with Gasteiger partial charge in [-0.05, 0) is 19.8 Å². The number of nitrogens with zero attached hydrogens (tertiary/aromatic N) is 2. The van der Waals surface area contributed by atoms with Crippen LogP contribution in [0.5, 0.6) is 0 Å². The molecule has 1 aromatic heterocycles. The van der Waals surface area contributed by atoms with Gasteiger partial charge in [-0.25, -0.2) is 13.2 Å². The molecule has 0 aromatic carbocycles. The molecule has 0 amide bonds. The minimum Gasteiger partial charge on any atom is -0.478 e. The molecule has 21 heavy (non-hydrogen) atoms. The van der Waals surface area contributed by atoms with Gasteiger partial charge in [-0.1, -0.05) is 0 Å². The molecule has 0 unspecified atom stereocenters. The first-order valence-electron chi connectivity index (χ1n) is 5.91. The van der Waals surface area contributed by atoms with Gasteiger partial charge in [0, 0.05) is 11.7 Å². The zero-order chi connectivity index (χ0) is 16.0. The predicted octanol–water partition coefficient (Wildman–Crippen LogP) is 1.13. The Morgan fingerprint density at radius 3 is 2.48 bits per heavy atom. The van der Waals surface area contributed by atoms with Crippen LogP contribution in [0.2, 0.25) is 0 Å². The van der Waals surface area contributed by atoms with E-state index in [0.717, 1.165) is 0 Å². The quantitative estimate of drug-likeness (QED) is 0.844. The molecule has 0 saturated heterocycles. The minimum absolute atomic E-state index is 0.0381. The molecule has 1 saturated carbocycles. The Bertz CT molecular complexity index is 664. The van der Waals surface area contributed by atoms with Crippen molar-refractivity contribution in [2.24, 2.45) is 0 Å². The highest BCUT2D eigenvalue weighted by Gasteiger charge is 2.46. The molecular formula is C10H12F3N3O4S. The van der Waals surface area contributed by atoms with Gasteiger partial charge in [0.2, 0.25) is 5.03 Å². The number of aromatic carboxylic acids is 1. The number of alkyl halides is 3. The number of nitrogens with one attached hydrogen (secondary N) is 1. The maximum atomic E-state index is 12.6. The van der Waals surface area contributed by atoms with Crippen LogP contribution < -0.4 is 0 Å². The third-order valence-electron chi connectivity index (χ3n) is 2.97. The highest BCUT2D eigenvalue weighted by Crippen LogP contribution is 2.35. The van der Waals surface area contributed by atoms with Gasteiger partial charge in [-0.15, -0.1) is 0 Å². The van der Waals surface area contributed by atoms with Gasteiger partial charge in [-0.2, -0.15) is 22.6 Å². The lowest BCUT2D eigenvalue weighted by Crippen LogP contribution is -2.41. The van der Waals surface area contributed by atoms with Gasteiger partial charge in [0.05, 0.1) is 0 Å². The summed E-state index contributed by atoms with van der Waals surface area (Å²) in [5.74, 6) is -1.57. The lowest BCUT2D eigenvalue weighted by molar-refractivity contribution is -0.137. The molecule has 1 aliphatic rings. The second-order valence-electron chi connectivity index (χ2n) is 4.73. The molecule has 1 heterocycles. The van der Waals surface area contributed by atoms with Gasteiger partial charge < -0.3 is 5.11 Å². The summed E-state index contributed by atoms with van der Waals surface area (Å²) in [6, 6.07) is -0.768. The second kappa shape index (κ2) is 4.98. The van der Waals surface area contributed by atoms with E-state index >= 15 is 0 Å². The average molecular weight is 327 g/mol. The zero-order valence-corrected chi connectivity index (χ0v) is 11.6. The van der Waals surface area contributed by atoms with Crippen LogP contribution in [0.3, 0.4) is 0 Å². The number of carbonyl (C=O) groups is 1. The SMILES string of the molecule is Cc1[nH]nc(S(=O)(=O)N(CC(F)(F)F)C2CC2)c1C(=O)O. The van der Waals surface area contributed by atoms with Crippen molar-refractivity contribution in [1.29, 1.82) is 0 Å². The molecule has 1 fully saturated rings. The van der Waals surface area contributed by atoms with Gasteiger partial charge in [0.1, 0.15) is 12.1 Å². The number of aryl methyl sites for hydroxylation is 1. The Labute approximate surface area is 117 Å². The molecular weight excluding hydrogens is 315 g/mol. The van der Waals surface area contributed by atoms with E-state index in [4.69, 9.17) is 5.11 Å². The molecule has 118 valence electrons. The van der Waals surface area contributed by atoms with Crippen LogP contribution in [0.25, 0.3) is 0 Å². The van der Waals surface area contributed by atoms with Crippen molar-refractivity contribution in [3.05, 3.63) is 11.3 Å². The van der Waals surface area contributed by atoms with Gasteiger partial charge in [-0.3, -0.25) is 5.10 Å². The van der Waals surface area contributed by atoms with E-state index in [9.17, 15) is 26.4 Å². The van der Waals surface area contributed by atoms with Crippen molar-refractivity contribution >= 4 is 16.0 Å². The molecule has 11 heteroatoms. The highest BCUT2D eigenvalue weighted by atomic mass is 32.2. The molecule has 1 aromatic rings. The van der Waals surface area contributed by atoms with E-state index in [0.29, 0.717) is 12.8 Å². The van der Waals surface area contributed by atoms with Crippen molar-refractivity contribution in [3.63, 3.8) is 0 Å². The predicted molar refractivity (Wildman–Crippen MR) is 63.3 cm³/mol. The van der Waals surface area contributed by atoms with Crippen molar-refractivity contribution in [2.75, 3.05) is 6.54 Å². The first kappa shape index (κ1) is 15.8. The van der Waals surface area contributed by atoms with Gasteiger partial charge >= 0.3 is 12.1 Å². The van der Waals surface area contributed by atoms with Gasteiger partial charge in [0.25, 0.3) is 10.0 Å². The number of carboxylic acid groups (broad SMARTS) is 1. The zero-order valence-electron chi connectivity index (χ0n) is 10.8. The first-order valence-corrected chi connectivity index (χ1v) is 7.35. The Hall–Kier alpha value is -1.62. The standard InChI is InChI=1S/C10H12F3N3O4S/c1-5-7(9(17)18)8(15-14-5)21(19,20)16(6-2-3-6)4-10(11,12)13/h6H,2-4H2,1H3,(H,14,15)(H,17,18). The number of carboxylic acids is 1. The lowest BCUT2D eigenvalue weighted by atomic mass is 10.3. The normalized spacial score (nSPS) is 16.4. The monoisotopic (exact) mass is 327 g/mol. The summed E-state index contributed by atoms with van der Waals surface area (Å²) in [4.78, 5) is 11.1. The molecule has 0 radical (unpaired) electrons. The molecule has 0 aliphatic heterocycles. The number of halogens is 3. The first-order chi connectivity index (χ1) is 9.54. The summed E-state index contributed by atoms with van der Waals surface area (Å²) in [7, 11) is -4.64. The van der Waals surface area contributed by atoms with E-state index in [2.05, 4.69) is 10.2 Å². The van der Waals surface area contributed by atoms with Crippen LogP contribution >= 0.6 is 0 Å². The van der Waals surface area contributed by atoms with Crippen LogP contribution in [-0.4, -0.2) is 52.8 Å². The molecule has 0 atom stereocenters. The molecule has 0 bridgehead atoms. The average Bonchev–Trinajstić information content (AvgIpc) is 3.06. The summed E-state index contributed by atoms with van der Waals surface area (Å²) < 4.78 is 62.6. The summed E-state index contributed by atoms with van der Waals surface area (Å²) in [5, 5.41) is 13.7. The van der Waals surface area contributed by atoms with Crippen molar-refractivity contribution in [1.82, 2.24) is 14.5 Å². The van der Waals surface area contributed by atoms with E-state index in [1.807, 2.05) is 0 Å². The second-order valence-corrected chi connectivity index (χ2v) is 6.54. The molecule has 7 nitrogen and oxygen atoms in total. The third kappa shape index (κ3) is 3.18. The summed E-state index contributed by atoms with van der Waals surface area (Å²) in [6.07, 6.45) is -4.10. The lowest BCUT2D eigenvalue weighted by Gasteiger charge is -2.22. The van der Waals surface area contributed by atoms with E-state index in [1.165, 1.54) is 6.92 Å². The van der Waals surface area contributed by atoms with E-state index < -0.39 is 45.3 Å². The molecule has 2 rings (SSSR count). The number of hydrogen-bond acceptors (Lipinski definition) is 4. The summed E-state index contributed by atoms with van der Waals surface area (Å²) in [5.41, 5.74) is -0.674. The van der Waals surface area contributed by atoms with Crippen LogP contribution in [0.4, 0.5) is 13.2 Å². The number of rotatable bonds is 5. The number of aromatic amines is 1. The Kier molecular flexibility index (Phi) is 3.74. The van der Waals surface area contributed by atoms with E-state index in [1.54, 1.807) is 0 Å². The van der Waals surface area contributed by atoms with Crippen LogP contribution in [0, 0.1) is 6.92 Å². The maximum absolute atomic E-state index is 12.6. The Morgan fingerprint density at radius 2 is 2.05 bits per heavy atom. The molecule has 1 aliphatic carbocycles. The maximum Gasteiger partial charge on any atom is 0.402 e. The van der Waals surface area contributed by atoms with Crippen molar-refractivity contribution < 1.29 is 31.5 Å². The largest absolute Gasteiger partial charge is 0.478 e. The fourth-order valence-electron chi connectivity index (χ4n) is 1.91. The fraction of sp³-hybridized carbons (Fsp3) is 0.600. The smallest absolute Gasteiger partial charge is 0.402 e. The number of sulfonamides is 1.